The van der Waals surface area contributed by atoms with Crippen LogP contribution in [0.15, 0.2) is 53.9 Å². The first-order valence-electron chi connectivity index (χ1n) is 8.65. The summed E-state index contributed by atoms with van der Waals surface area (Å²) >= 11 is 0. The second kappa shape index (κ2) is 7.75. The van der Waals surface area contributed by atoms with E-state index in [1.54, 1.807) is 18.6 Å². The summed E-state index contributed by atoms with van der Waals surface area (Å²) in [6.45, 7) is 3.93. The van der Waals surface area contributed by atoms with Crippen LogP contribution in [0, 0.1) is 0 Å². The van der Waals surface area contributed by atoms with Crippen LogP contribution >= 0.6 is 0 Å². The third-order valence-electron chi connectivity index (χ3n) is 4.05. The monoisotopic (exact) mass is 387 g/mol. The van der Waals surface area contributed by atoms with Gasteiger partial charge in [-0.1, -0.05) is 0 Å². The Morgan fingerprint density at radius 3 is 2.57 bits per heavy atom. The number of hydrogen-bond donors (Lipinski definition) is 3. The van der Waals surface area contributed by atoms with Crippen molar-refractivity contribution >= 4 is 34.2 Å². The molecule has 0 aliphatic heterocycles. The summed E-state index contributed by atoms with van der Waals surface area (Å²) in [7, 11) is 0. The van der Waals surface area contributed by atoms with Crippen LogP contribution in [0.5, 0.6) is 0 Å². The molecule has 2 aromatic heterocycles. The number of anilines is 2. The average Bonchev–Trinajstić information content (AvgIpc) is 3.04. The van der Waals surface area contributed by atoms with E-state index in [0.29, 0.717) is 17.0 Å². The number of allylic oxidation sites excluding steroid dienone is 1. The van der Waals surface area contributed by atoms with Crippen molar-refractivity contribution in [3.05, 3.63) is 60.1 Å². The number of halogens is 3. The summed E-state index contributed by atoms with van der Waals surface area (Å²) in [5.41, 5.74) is 8.43. The quantitative estimate of drug-likeness (QED) is 0.533. The molecule has 0 bridgehead atoms. The van der Waals surface area contributed by atoms with Crippen molar-refractivity contribution in [1.29, 1.82) is 0 Å². The van der Waals surface area contributed by atoms with Crippen molar-refractivity contribution < 1.29 is 13.2 Å². The summed E-state index contributed by atoms with van der Waals surface area (Å²) < 4.78 is 38.1. The van der Waals surface area contributed by atoms with Crippen LogP contribution in [0.2, 0.25) is 0 Å². The first-order chi connectivity index (χ1) is 13.3. The van der Waals surface area contributed by atoms with Gasteiger partial charge in [0.2, 0.25) is 0 Å². The number of aliphatic imine (C=N–C) groups is 1. The van der Waals surface area contributed by atoms with Crippen molar-refractivity contribution in [3.63, 3.8) is 0 Å². The van der Waals surface area contributed by atoms with E-state index in [4.69, 9.17) is 5.73 Å². The van der Waals surface area contributed by atoms with Crippen LogP contribution in [0.25, 0.3) is 16.6 Å². The first kappa shape index (κ1) is 19.5. The molecule has 0 spiro atoms. The maximum atomic E-state index is 12.7. The lowest BCUT2D eigenvalue weighted by atomic mass is 10.1. The number of rotatable bonds is 5. The highest BCUT2D eigenvalue weighted by Gasteiger charge is 2.29. The zero-order chi connectivity index (χ0) is 20.3. The Bertz CT molecular complexity index is 1010. The molecule has 0 aliphatic rings. The van der Waals surface area contributed by atoms with E-state index >= 15 is 0 Å². The van der Waals surface area contributed by atoms with Gasteiger partial charge in [-0.15, -0.1) is 0 Å². The van der Waals surface area contributed by atoms with E-state index in [0.717, 1.165) is 28.7 Å². The average molecular weight is 387 g/mol. The second-order valence-corrected chi connectivity index (χ2v) is 6.52. The van der Waals surface area contributed by atoms with Crippen molar-refractivity contribution in [2.75, 3.05) is 5.32 Å². The lowest BCUT2D eigenvalue weighted by Crippen LogP contribution is -2.04. The van der Waals surface area contributed by atoms with Gasteiger partial charge in [0.05, 0.1) is 11.3 Å². The number of nitrogens with one attached hydrogen (secondary N) is 2. The predicted octanol–water partition coefficient (Wildman–Crippen LogP) is 5.10. The Kier molecular flexibility index (Phi) is 5.39. The summed E-state index contributed by atoms with van der Waals surface area (Å²) in [5.74, 6) is 0. The minimum absolute atomic E-state index is 0.135. The zero-order valence-corrected chi connectivity index (χ0v) is 15.4. The Balaban J connectivity index is 1.90. The van der Waals surface area contributed by atoms with Crippen LogP contribution in [0.4, 0.5) is 24.5 Å². The Morgan fingerprint density at radius 2 is 1.96 bits per heavy atom. The van der Waals surface area contributed by atoms with Gasteiger partial charge in [0.15, 0.2) is 0 Å². The van der Waals surface area contributed by atoms with Crippen LogP contribution in [-0.4, -0.2) is 22.2 Å². The van der Waals surface area contributed by atoms with Gasteiger partial charge in [-0.25, -0.2) is 4.98 Å². The van der Waals surface area contributed by atoms with Crippen molar-refractivity contribution in [2.45, 2.75) is 26.1 Å². The molecule has 8 heteroatoms. The number of nitrogens with zero attached hydrogens (tertiary/aromatic N) is 2. The molecule has 28 heavy (non-hydrogen) atoms. The highest BCUT2D eigenvalue weighted by atomic mass is 19.4. The summed E-state index contributed by atoms with van der Waals surface area (Å²) in [4.78, 5) is 11.8. The molecule has 1 aromatic carbocycles. The minimum atomic E-state index is -4.36. The fourth-order valence-corrected chi connectivity index (χ4v) is 2.61. The van der Waals surface area contributed by atoms with E-state index < -0.39 is 11.7 Å². The molecule has 2 heterocycles. The molecule has 3 rings (SSSR count). The van der Waals surface area contributed by atoms with E-state index in [2.05, 4.69) is 20.3 Å². The zero-order valence-electron chi connectivity index (χ0n) is 15.4. The highest BCUT2D eigenvalue weighted by molar-refractivity contribution is 6.10. The van der Waals surface area contributed by atoms with Gasteiger partial charge < -0.3 is 16.0 Å². The van der Waals surface area contributed by atoms with Crippen LogP contribution in [0.3, 0.4) is 0 Å². The molecule has 0 unspecified atom stereocenters. The minimum Gasteiger partial charge on any atom is -0.404 e. The van der Waals surface area contributed by atoms with Crippen LogP contribution < -0.4 is 11.1 Å². The third kappa shape index (κ3) is 4.33. The Labute approximate surface area is 160 Å². The molecule has 0 fully saturated rings. The van der Waals surface area contributed by atoms with Gasteiger partial charge in [0.1, 0.15) is 5.65 Å². The summed E-state index contributed by atoms with van der Waals surface area (Å²) in [5, 5.41) is 3.90. The van der Waals surface area contributed by atoms with Gasteiger partial charge in [-0.2, -0.15) is 13.2 Å². The van der Waals surface area contributed by atoms with E-state index in [-0.39, 0.29) is 6.04 Å². The standard InChI is InChI=1S/C20H20F3N5/c1-12(2)25-10-14(8-24)13-7-17-18(11-27-19(17)26-9-13)28-16-5-3-15(4-6-16)20(21,22)23/h3-12,28H,24H2,1-2H3,(H,26,27)/b14-8+,25-10?. The summed E-state index contributed by atoms with van der Waals surface area (Å²) in [6, 6.07) is 6.89. The number of aromatic amines is 1. The normalized spacial score (nSPS) is 13.0. The van der Waals surface area contributed by atoms with E-state index in [1.165, 1.54) is 18.3 Å². The Hall–Kier alpha value is -3.29. The number of fused-ring (bicyclic) bond motifs is 1. The smallest absolute Gasteiger partial charge is 0.404 e. The van der Waals surface area contributed by atoms with Crippen LogP contribution in [-0.2, 0) is 6.18 Å². The van der Waals surface area contributed by atoms with Crippen molar-refractivity contribution in [2.24, 2.45) is 10.7 Å². The van der Waals surface area contributed by atoms with Gasteiger partial charge in [0, 0.05) is 53.1 Å². The number of pyridine rings is 1. The molecule has 0 saturated carbocycles. The number of hydrogen-bond acceptors (Lipinski definition) is 4. The first-order valence-corrected chi connectivity index (χ1v) is 8.65. The predicted molar refractivity (Wildman–Crippen MR) is 107 cm³/mol. The van der Waals surface area contributed by atoms with E-state index in [1.807, 2.05) is 19.9 Å². The SMILES string of the molecule is CC(C)N=C/C(=C\N)c1cnc2[nH]cc(Nc3ccc(C(F)(F)F)cc3)c2c1. The lowest BCUT2D eigenvalue weighted by Gasteiger charge is -2.09. The summed E-state index contributed by atoms with van der Waals surface area (Å²) in [6.07, 6.45) is 2.20. The molecule has 3 aromatic rings. The van der Waals surface area contributed by atoms with Gasteiger partial charge in [0.25, 0.3) is 0 Å². The highest BCUT2D eigenvalue weighted by Crippen LogP contribution is 2.32. The maximum absolute atomic E-state index is 12.7. The molecule has 0 aliphatic carbocycles. The molecule has 4 N–H and O–H groups in total. The van der Waals surface area contributed by atoms with Gasteiger partial charge in [-0.3, -0.25) is 4.99 Å². The van der Waals surface area contributed by atoms with Gasteiger partial charge >= 0.3 is 6.18 Å². The lowest BCUT2D eigenvalue weighted by molar-refractivity contribution is -0.137. The largest absolute Gasteiger partial charge is 0.416 e. The molecule has 5 nitrogen and oxygen atoms in total. The fraction of sp³-hybridized carbons (Fsp3) is 0.200. The number of benzene rings is 1. The fourth-order valence-electron chi connectivity index (χ4n) is 2.61. The third-order valence-corrected chi connectivity index (χ3v) is 4.05. The van der Waals surface area contributed by atoms with Gasteiger partial charge in [-0.05, 0) is 44.2 Å². The molecule has 0 amide bonds. The molecular formula is C20H20F3N5. The number of aromatic nitrogens is 2. The number of alkyl halides is 3. The topological polar surface area (TPSA) is 79.1 Å². The second-order valence-electron chi connectivity index (χ2n) is 6.52. The van der Waals surface area contributed by atoms with Crippen LogP contribution in [0.1, 0.15) is 25.0 Å². The molecule has 0 radical (unpaired) electrons. The maximum Gasteiger partial charge on any atom is 0.416 e. The number of nitrogens with two attached hydrogens (primary N) is 1. The molecular weight excluding hydrogens is 367 g/mol. The van der Waals surface area contributed by atoms with E-state index in [9.17, 15) is 13.2 Å². The molecule has 0 saturated heterocycles. The van der Waals surface area contributed by atoms with Crippen molar-refractivity contribution in [3.8, 4) is 0 Å². The molecule has 146 valence electrons. The Morgan fingerprint density at radius 1 is 1.25 bits per heavy atom. The van der Waals surface area contributed by atoms with Crippen molar-refractivity contribution in [1.82, 2.24) is 9.97 Å². The molecule has 0 atom stereocenters. The number of H-pyrrole nitrogens is 1.